The van der Waals surface area contributed by atoms with E-state index in [1.54, 1.807) is 30.2 Å². The Bertz CT molecular complexity index is 790. The number of methoxy groups -OCH3 is 1. The van der Waals surface area contributed by atoms with Gasteiger partial charge in [-0.1, -0.05) is 23.4 Å². The number of carbonyl (C=O) groups is 1. The fourth-order valence-electron chi connectivity index (χ4n) is 3.56. The van der Waals surface area contributed by atoms with Crippen LogP contribution >= 0.6 is 0 Å². The molecule has 1 aromatic heterocycles. The lowest BCUT2D eigenvalue weighted by molar-refractivity contribution is -0.129. The predicted molar refractivity (Wildman–Crippen MR) is 91.1 cm³/mol. The minimum Gasteiger partial charge on any atom is -0.384 e. The maximum Gasteiger partial charge on any atom is 0.231 e. The van der Waals surface area contributed by atoms with Crippen LogP contribution in [0.5, 0.6) is 0 Å². The molecular weight excluding hydrogens is 337 g/mol. The van der Waals surface area contributed by atoms with Gasteiger partial charge < -0.3 is 14.2 Å². The lowest BCUT2D eigenvalue weighted by atomic mass is 9.97. The third-order valence-corrected chi connectivity index (χ3v) is 5.19. The molecule has 2 aromatic rings. The molecule has 1 amide bonds. The molecule has 1 aromatic carbocycles. The molecule has 0 bridgehead atoms. The number of benzene rings is 1. The number of likely N-dealkylation sites (tertiary alicyclic amines) is 1. The summed E-state index contributed by atoms with van der Waals surface area (Å²) in [7, 11) is 1.64. The van der Waals surface area contributed by atoms with Gasteiger partial charge in [0.05, 0.1) is 18.9 Å². The molecule has 138 valence electrons. The van der Waals surface area contributed by atoms with Gasteiger partial charge >= 0.3 is 0 Å². The van der Waals surface area contributed by atoms with Crippen molar-refractivity contribution in [2.24, 2.45) is 5.92 Å². The molecule has 2 atom stereocenters. The van der Waals surface area contributed by atoms with Crippen LogP contribution in [0, 0.1) is 11.7 Å². The molecule has 2 fully saturated rings. The van der Waals surface area contributed by atoms with Crippen LogP contribution in [0.1, 0.15) is 42.0 Å². The van der Waals surface area contributed by atoms with Crippen molar-refractivity contribution in [1.82, 2.24) is 15.0 Å². The summed E-state index contributed by atoms with van der Waals surface area (Å²) < 4.78 is 24.6. The molecule has 4 rings (SSSR count). The van der Waals surface area contributed by atoms with E-state index in [9.17, 15) is 9.18 Å². The summed E-state index contributed by atoms with van der Waals surface area (Å²) in [6.45, 7) is 1.55. The molecule has 1 aliphatic heterocycles. The molecule has 2 heterocycles. The van der Waals surface area contributed by atoms with E-state index in [0.717, 1.165) is 18.7 Å². The van der Waals surface area contributed by atoms with Crippen LogP contribution in [0.4, 0.5) is 4.39 Å². The summed E-state index contributed by atoms with van der Waals surface area (Å²) in [5.41, 5.74) is 0.415. The van der Waals surface area contributed by atoms with Gasteiger partial charge in [0, 0.05) is 32.0 Å². The molecule has 7 heteroatoms. The van der Waals surface area contributed by atoms with Gasteiger partial charge in [-0.3, -0.25) is 4.79 Å². The van der Waals surface area contributed by atoms with Gasteiger partial charge in [-0.2, -0.15) is 4.98 Å². The Balaban J connectivity index is 1.47. The molecule has 1 saturated heterocycles. The number of nitrogens with zero attached hydrogens (tertiary/aromatic N) is 3. The highest BCUT2D eigenvalue weighted by Crippen LogP contribution is 2.40. The van der Waals surface area contributed by atoms with Crippen molar-refractivity contribution >= 4 is 5.91 Å². The van der Waals surface area contributed by atoms with Crippen molar-refractivity contribution in [2.75, 3.05) is 26.8 Å². The Labute approximate surface area is 151 Å². The maximum absolute atomic E-state index is 13.8. The Morgan fingerprint density at radius 1 is 1.35 bits per heavy atom. The summed E-state index contributed by atoms with van der Waals surface area (Å²) in [6.07, 6.45) is 2.27. The van der Waals surface area contributed by atoms with E-state index in [0.29, 0.717) is 37.1 Å². The first-order chi connectivity index (χ1) is 12.7. The van der Waals surface area contributed by atoms with Crippen molar-refractivity contribution in [3.05, 3.63) is 47.4 Å². The molecule has 2 aliphatic rings. The van der Waals surface area contributed by atoms with Gasteiger partial charge in [0.15, 0.2) is 5.82 Å². The van der Waals surface area contributed by atoms with Crippen LogP contribution in [0.2, 0.25) is 0 Å². The van der Waals surface area contributed by atoms with E-state index in [1.807, 2.05) is 0 Å². The summed E-state index contributed by atoms with van der Waals surface area (Å²) in [5.74, 6) is 1.38. The fourth-order valence-corrected chi connectivity index (χ4v) is 3.56. The number of aromatic nitrogens is 2. The zero-order valence-corrected chi connectivity index (χ0v) is 14.7. The number of carbonyl (C=O) groups excluding carboxylic acids is 1. The van der Waals surface area contributed by atoms with Gasteiger partial charge in [0.25, 0.3) is 0 Å². The third kappa shape index (κ3) is 3.49. The first kappa shape index (κ1) is 17.1. The third-order valence-electron chi connectivity index (χ3n) is 5.19. The normalized spacial score (nSPS) is 22.8. The number of hydrogen-bond acceptors (Lipinski definition) is 5. The molecule has 0 unspecified atom stereocenters. The van der Waals surface area contributed by atoms with E-state index in [4.69, 9.17) is 9.26 Å². The van der Waals surface area contributed by atoms with Crippen LogP contribution in [0.15, 0.2) is 28.8 Å². The Morgan fingerprint density at radius 3 is 2.88 bits per heavy atom. The van der Waals surface area contributed by atoms with Gasteiger partial charge in [0.2, 0.25) is 11.8 Å². The molecular formula is C19H22FN3O3. The Morgan fingerprint density at radius 2 is 2.15 bits per heavy atom. The number of rotatable bonds is 6. The summed E-state index contributed by atoms with van der Waals surface area (Å²) in [5, 5.41) is 4.09. The second kappa shape index (κ2) is 7.15. The summed E-state index contributed by atoms with van der Waals surface area (Å²) in [4.78, 5) is 19.0. The number of halogens is 1. The summed E-state index contributed by atoms with van der Waals surface area (Å²) in [6, 6.07) is 6.38. The van der Waals surface area contributed by atoms with Crippen molar-refractivity contribution in [3.8, 4) is 0 Å². The molecule has 0 N–H and O–H groups in total. The predicted octanol–water partition coefficient (Wildman–Crippen LogP) is 2.52. The Hall–Kier alpha value is -2.28. The van der Waals surface area contributed by atoms with E-state index < -0.39 is 0 Å². The second-order valence-electron chi connectivity index (χ2n) is 7.15. The summed E-state index contributed by atoms with van der Waals surface area (Å²) >= 11 is 0. The molecule has 6 nitrogen and oxygen atoms in total. The average Bonchev–Trinajstić information content (AvgIpc) is 3.21. The fraction of sp³-hybridized carbons (Fsp3) is 0.526. The number of ether oxygens (including phenoxy) is 1. The number of amides is 1. The minimum atomic E-state index is -0.351. The highest BCUT2D eigenvalue weighted by molar-refractivity contribution is 5.79. The smallest absolute Gasteiger partial charge is 0.231 e. The number of hydrogen-bond donors (Lipinski definition) is 0. The lowest BCUT2D eigenvalue weighted by Crippen LogP contribution is -2.31. The van der Waals surface area contributed by atoms with Gasteiger partial charge in [-0.25, -0.2) is 4.39 Å². The molecule has 1 aliphatic carbocycles. The van der Waals surface area contributed by atoms with Gasteiger partial charge in [-0.15, -0.1) is 0 Å². The quantitative estimate of drug-likeness (QED) is 0.793. The first-order valence-corrected chi connectivity index (χ1v) is 8.99. The lowest BCUT2D eigenvalue weighted by Gasteiger charge is -2.16. The monoisotopic (exact) mass is 359 g/mol. The SMILES string of the molecule is COC[C@@H]1CN(C(=O)Cc2ccccc2F)C[C@H]1c1nc(C2CC2)no1. The first-order valence-electron chi connectivity index (χ1n) is 8.99. The van der Waals surface area contributed by atoms with E-state index in [1.165, 1.54) is 6.07 Å². The topological polar surface area (TPSA) is 68.5 Å². The van der Waals surface area contributed by atoms with Gasteiger partial charge in [0.1, 0.15) is 5.82 Å². The van der Waals surface area contributed by atoms with Crippen LogP contribution in [0.3, 0.4) is 0 Å². The zero-order valence-electron chi connectivity index (χ0n) is 14.7. The molecule has 0 spiro atoms. The van der Waals surface area contributed by atoms with Crippen LogP contribution in [-0.4, -0.2) is 47.8 Å². The van der Waals surface area contributed by atoms with E-state index in [2.05, 4.69) is 10.1 Å². The highest BCUT2D eigenvalue weighted by atomic mass is 19.1. The molecule has 1 saturated carbocycles. The van der Waals surface area contributed by atoms with Crippen LogP contribution in [0.25, 0.3) is 0 Å². The highest BCUT2D eigenvalue weighted by Gasteiger charge is 2.40. The maximum atomic E-state index is 13.8. The van der Waals surface area contributed by atoms with Crippen molar-refractivity contribution in [2.45, 2.75) is 31.1 Å². The van der Waals surface area contributed by atoms with Crippen molar-refractivity contribution in [1.29, 1.82) is 0 Å². The zero-order chi connectivity index (χ0) is 18.1. The minimum absolute atomic E-state index is 0.0421. The van der Waals surface area contributed by atoms with Crippen molar-refractivity contribution < 1.29 is 18.4 Å². The largest absolute Gasteiger partial charge is 0.384 e. The standard InChI is InChI=1S/C19H22FN3O3/c1-25-11-14-9-23(17(24)8-13-4-2-3-5-16(13)20)10-15(14)19-21-18(22-26-19)12-6-7-12/h2-5,12,14-15H,6-11H2,1H3/t14-,15+/m0/s1. The van der Waals surface area contributed by atoms with E-state index >= 15 is 0 Å². The van der Waals surface area contributed by atoms with Crippen LogP contribution in [-0.2, 0) is 16.0 Å². The Kier molecular flexibility index (Phi) is 4.72. The van der Waals surface area contributed by atoms with E-state index in [-0.39, 0.29) is 30.0 Å². The second-order valence-corrected chi connectivity index (χ2v) is 7.15. The molecule has 26 heavy (non-hydrogen) atoms. The molecule has 0 radical (unpaired) electrons. The average molecular weight is 359 g/mol. The van der Waals surface area contributed by atoms with Gasteiger partial charge in [-0.05, 0) is 24.5 Å². The van der Waals surface area contributed by atoms with Crippen LogP contribution < -0.4 is 0 Å². The van der Waals surface area contributed by atoms with Crippen molar-refractivity contribution in [3.63, 3.8) is 0 Å².